The normalized spacial score (nSPS) is 15.7. The Morgan fingerprint density at radius 3 is 2.58 bits per heavy atom. The largest absolute Gasteiger partial charge is 0.497 e. The molecule has 0 bridgehead atoms. The van der Waals surface area contributed by atoms with Gasteiger partial charge in [-0.1, -0.05) is 35.5 Å². The highest BCUT2D eigenvalue weighted by atomic mass is 19.1. The van der Waals surface area contributed by atoms with Gasteiger partial charge in [-0.15, -0.1) is 0 Å². The molecule has 5 rings (SSSR count). The number of allylic oxidation sites excluding steroid dienone is 1. The van der Waals surface area contributed by atoms with Gasteiger partial charge in [0.15, 0.2) is 0 Å². The molecule has 36 heavy (non-hydrogen) atoms. The van der Waals surface area contributed by atoms with Crippen LogP contribution < -0.4 is 10.1 Å². The molecule has 3 aromatic carbocycles. The summed E-state index contributed by atoms with van der Waals surface area (Å²) in [5.74, 6) is 0.277. The van der Waals surface area contributed by atoms with E-state index in [-0.39, 0.29) is 24.1 Å². The highest BCUT2D eigenvalue weighted by molar-refractivity contribution is 5.87. The van der Waals surface area contributed by atoms with Crippen molar-refractivity contribution in [1.29, 1.82) is 0 Å². The molecule has 2 amide bonds. The van der Waals surface area contributed by atoms with E-state index >= 15 is 0 Å². The molecule has 0 fully saturated rings. The summed E-state index contributed by atoms with van der Waals surface area (Å²) >= 11 is 0. The monoisotopic (exact) mass is 488 g/mol. The topological polar surface area (TPSA) is 80.5 Å². The molecule has 1 aliphatic heterocycles. The van der Waals surface area contributed by atoms with Crippen molar-refractivity contribution < 1.29 is 22.8 Å². The Kier molecular flexibility index (Phi) is 6.20. The Morgan fingerprint density at radius 2 is 1.83 bits per heavy atom. The van der Waals surface area contributed by atoms with Gasteiger partial charge in [-0.3, -0.25) is 4.90 Å². The fourth-order valence-electron chi connectivity index (χ4n) is 4.17. The van der Waals surface area contributed by atoms with Crippen LogP contribution >= 0.6 is 0 Å². The van der Waals surface area contributed by atoms with Gasteiger partial charge in [-0.05, 0) is 55.0 Å². The number of ether oxygens (including phenoxy) is 1. The number of benzene rings is 3. The first-order chi connectivity index (χ1) is 17.4. The van der Waals surface area contributed by atoms with Crippen LogP contribution in [0.25, 0.3) is 17.0 Å². The second kappa shape index (κ2) is 9.61. The minimum Gasteiger partial charge on any atom is -0.497 e. The van der Waals surface area contributed by atoms with E-state index in [0.29, 0.717) is 28.1 Å². The number of hydrogen-bond donors (Lipinski definition) is 1. The number of rotatable bonds is 6. The average Bonchev–Trinajstić information content (AvgIpc) is 3.37. The Balaban J connectivity index is 1.61. The number of aromatic nitrogens is 2. The summed E-state index contributed by atoms with van der Waals surface area (Å²) in [7, 11) is 1.56. The van der Waals surface area contributed by atoms with Crippen molar-refractivity contribution in [1.82, 2.24) is 20.4 Å². The van der Waals surface area contributed by atoms with Crippen molar-refractivity contribution in [3.8, 4) is 17.1 Å². The molecule has 0 saturated heterocycles. The van der Waals surface area contributed by atoms with Crippen LogP contribution in [0.15, 0.2) is 83.0 Å². The van der Waals surface area contributed by atoms with Crippen molar-refractivity contribution >= 4 is 11.6 Å². The van der Waals surface area contributed by atoms with E-state index in [1.165, 1.54) is 23.1 Å². The van der Waals surface area contributed by atoms with Gasteiger partial charge in [0.1, 0.15) is 17.4 Å². The number of carbonyl (C=O) groups is 1. The lowest BCUT2D eigenvalue weighted by atomic mass is 9.94. The quantitative estimate of drug-likeness (QED) is 0.375. The molecule has 0 spiro atoms. The lowest BCUT2D eigenvalue weighted by Gasteiger charge is -2.35. The second-order valence-corrected chi connectivity index (χ2v) is 8.27. The Bertz CT molecular complexity index is 1450. The third-order valence-electron chi connectivity index (χ3n) is 6.07. The molecule has 182 valence electrons. The maximum atomic E-state index is 14.4. The van der Waals surface area contributed by atoms with Crippen LogP contribution in [0.1, 0.15) is 30.0 Å². The highest BCUT2D eigenvalue weighted by Crippen LogP contribution is 2.38. The fraction of sp³-hybridized carbons (Fsp3) is 0.148. The molecule has 2 heterocycles. The van der Waals surface area contributed by atoms with Gasteiger partial charge in [0.05, 0.1) is 25.3 Å². The molecule has 7 nitrogen and oxygen atoms in total. The van der Waals surface area contributed by atoms with Gasteiger partial charge in [0.25, 0.3) is 5.89 Å². The van der Waals surface area contributed by atoms with Crippen LogP contribution in [0.3, 0.4) is 0 Å². The summed E-state index contributed by atoms with van der Waals surface area (Å²) in [6.07, 6.45) is 0. The molecule has 0 radical (unpaired) electrons. The zero-order valence-electron chi connectivity index (χ0n) is 19.5. The number of methoxy groups -OCH3 is 1. The lowest BCUT2D eigenvalue weighted by molar-refractivity contribution is 0.202. The van der Waals surface area contributed by atoms with Crippen LogP contribution in [0.5, 0.6) is 5.75 Å². The summed E-state index contributed by atoms with van der Waals surface area (Å²) in [5.41, 5.74) is 2.77. The fourth-order valence-corrected chi connectivity index (χ4v) is 4.17. The van der Waals surface area contributed by atoms with Crippen LogP contribution in [0, 0.1) is 11.6 Å². The van der Waals surface area contributed by atoms with E-state index in [4.69, 9.17) is 9.26 Å². The SMILES string of the molecule is COc1cccc(C2NC(=O)N(Cc3ccccc3F)C(C)=C2c2nc(-c3ccc(F)cc3)no2)c1. The molecule has 0 saturated carbocycles. The first kappa shape index (κ1) is 23.2. The van der Waals surface area contributed by atoms with Crippen LogP contribution in [0.2, 0.25) is 0 Å². The highest BCUT2D eigenvalue weighted by Gasteiger charge is 2.36. The van der Waals surface area contributed by atoms with E-state index in [1.54, 1.807) is 50.4 Å². The Hall–Kier alpha value is -4.53. The first-order valence-corrected chi connectivity index (χ1v) is 11.2. The van der Waals surface area contributed by atoms with Gasteiger partial charge in [-0.2, -0.15) is 4.98 Å². The summed E-state index contributed by atoms with van der Waals surface area (Å²) < 4.78 is 38.8. The number of nitrogens with zero attached hydrogens (tertiary/aromatic N) is 3. The molecule has 0 aliphatic carbocycles. The molecule has 4 aromatic rings. The third kappa shape index (κ3) is 4.43. The number of hydrogen-bond acceptors (Lipinski definition) is 5. The van der Waals surface area contributed by atoms with Crippen molar-refractivity contribution in [3.05, 3.63) is 107 Å². The Morgan fingerprint density at radius 1 is 1.06 bits per heavy atom. The zero-order chi connectivity index (χ0) is 25.2. The average molecular weight is 488 g/mol. The molecular formula is C27H22F2N4O3. The molecule has 1 aromatic heterocycles. The van der Waals surface area contributed by atoms with Gasteiger partial charge >= 0.3 is 6.03 Å². The molecule has 1 unspecified atom stereocenters. The third-order valence-corrected chi connectivity index (χ3v) is 6.07. The predicted octanol–water partition coefficient (Wildman–Crippen LogP) is 5.72. The van der Waals surface area contributed by atoms with Gasteiger partial charge in [0, 0.05) is 16.8 Å². The van der Waals surface area contributed by atoms with Gasteiger partial charge in [-0.25, -0.2) is 13.6 Å². The maximum absolute atomic E-state index is 14.4. The number of urea groups is 1. The summed E-state index contributed by atoms with van der Waals surface area (Å²) in [4.78, 5) is 19.2. The summed E-state index contributed by atoms with van der Waals surface area (Å²) in [6, 6.07) is 18.3. The van der Waals surface area contributed by atoms with Gasteiger partial charge < -0.3 is 14.6 Å². The minimum absolute atomic E-state index is 0.0115. The molecular weight excluding hydrogens is 466 g/mol. The van der Waals surface area contributed by atoms with Crippen LogP contribution in [-0.2, 0) is 6.54 Å². The molecule has 1 N–H and O–H groups in total. The Labute approximate surface area is 206 Å². The van der Waals surface area contributed by atoms with E-state index in [9.17, 15) is 13.6 Å². The lowest BCUT2D eigenvalue weighted by Crippen LogP contribution is -2.45. The van der Waals surface area contributed by atoms with Gasteiger partial charge in [0.2, 0.25) is 5.82 Å². The zero-order valence-corrected chi connectivity index (χ0v) is 19.5. The smallest absolute Gasteiger partial charge is 0.322 e. The summed E-state index contributed by atoms with van der Waals surface area (Å²) in [6.45, 7) is 1.77. The second-order valence-electron chi connectivity index (χ2n) is 8.27. The van der Waals surface area contributed by atoms with Crippen LogP contribution in [0.4, 0.5) is 13.6 Å². The van der Waals surface area contributed by atoms with Crippen LogP contribution in [-0.4, -0.2) is 28.2 Å². The van der Waals surface area contributed by atoms with E-state index < -0.39 is 17.9 Å². The van der Waals surface area contributed by atoms with E-state index in [2.05, 4.69) is 15.5 Å². The number of carbonyl (C=O) groups excluding carboxylic acids is 1. The van der Waals surface area contributed by atoms with E-state index in [0.717, 1.165) is 5.56 Å². The first-order valence-electron chi connectivity index (χ1n) is 11.2. The molecule has 9 heteroatoms. The standard InChI is InChI=1S/C27H22F2N4O3/c1-16-23(26-31-25(32-36-26)17-10-12-20(28)13-11-17)24(18-7-5-8-21(14-18)35-2)30-27(34)33(16)15-19-6-3-4-9-22(19)29/h3-14,24H,15H2,1-2H3,(H,30,34). The molecule has 1 aliphatic rings. The van der Waals surface area contributed by atoms with Crippen molar-refractivity contribution in [3.63, 3.8) is 0 Å². The number of nitrogens with one attached hydrogen (secondary N) is 1. The maximum Gasteiger partial charge on any atom is 0.322 e. The summed E-state index contributed by atoms with van der Waals surface area (Å²) in [5, 5.41) is 7.05. The van der Waals surface area contributed by atoms with Crippen molar-refractivity contribution in [2.24, 2.45) is 0 Å². The molecule has 1 atom stereocenters. The predicted molar refractivity (Wildman–Crippen MR) is 128 cm³/mol. The van der Waals surface area contributed by atoms with E-state index in [1.807, 2.05) is 18.2 Å². The minimum atomic E-state index is -0.633. The van der Waals surface area contributed by atoms with Crippen molar-refractivity contribution in [2.45, 2.75) is 19.5 Å². The number of halogens is 2. The van der Waals surface area contributed by atoms with Crippen molar-refractivity contribution in [2.75, 3.05) is 7.11 Å². The number of amides is 2.